The number of aliphatic hydroxyl groups excluding tert-OH is 1. The maximum atomic E-state index is 13.3. The summed E-state index contributed by atoms with van der Waals surface area (Å²) < 4.78 is 39.1. The highest BCUT2D eigenvalue weighted by Crippen LogP contribution is 2.12. The minimum Gasteiger partial charge on any atom is -0.392 e. The lowest BCUT2D eigenvalue weighted by Gasteiger charge is -2.07. The van der Waals surface area contributed by atoms with E-state index >= 15 is 0 Å². The van der Waals surface area contributed by atoms with Gasteiger partial charge in [0.2, 0.25) is 5.91 Å². The summed E-state index contributed by atoms with van der Waals surface area (Å²) in [5.41, 5.74) is 1.50. The Morgan fingerprint density at radius 2 is 1.67 bits per heavy atom. The largest absolute Gasteiger partial charge is 0.392 e. The predicted molar refractivity (Wildman–Crippen MR) is 83.5 cm³/mol. The van der Waals surface area contributed by atoms with Gasteiger partial charge in [0.15, 0.2) is 11.6 Å². The van der Waals surface area contributed by atoms with Crippen LogP contribution < -0.4 is 5.32 Å². The summed E-state index contributed by atoms with van der Waals surface area (Å²) in [6.07, 6.45) is 1.21. The molecule has 0 atom stereocenters. The molecule has 2 N–H and O–H groups in total. The van der Waals surface area contributed by atoms with Crippen LogP contribution in [0, 0.1) is 17.5 Å². The van der Waals surface area contributed by atoms with Crippen molar-refractivity contribution in [2.24, 2.45) is 0 Å². The molecule has 0 saturated heterocycles. The summed E-state index contributed by atoms with van der Waals surface area (Å²) >= 11 is 0. The zero-order valence-electron chi connectivity index (χ0n) is 13.0. The molecule has 0 fully saturated rings. The second-order valence-electron chi connectivity index (χ2n) is 5.46. The Balaban J connectivity index is 1.76. The Kier molecular flexibility index (Phi) is 6.37. The van der Waals surface area contributed by atoms with Crippen molar-refractivity contribution in [1.29, 1.82) is 0 Å². The second kappa shape index (κ2) is 8.49. The molecule has 1 amide bonds. The summed E-state index contributed by atoms with van der Waals surface area (Å²) in [6.45, 7) is -0.168. The standard InChI is InChI=1S/C18H18F3NO2/c19-15-6-5-13(8-14(15)11-23)10-22-18(24)3-1-2-12-4-7-16(20)17(21)9-12/h4-9,23H,1-3,10-11H2,(H,22,24). The van der Waals surface area contributed by atoms with Gasteiger partial charge in [0, 0.05) is 18.5 Å². The van der Waals surface area contributed by atoms with E-state index in [2.05, 4.69) is 5.32 Å². The molecule has 24 heavy (non-hydrogen) atoms. The summed E-state index contributed by atoms with van der Waals surface area (Å²) in [4.78, 5) is 11.8. The number of halogens is 3. The van der Waals surface area contributed by atoms with Crippen LogP contribution in [-0.4, -0.2) is 11.0 Å². The molecular weight excluding hydrogens is 319 g/mol. The molecule has 6 heteroatoms. The van der Waals surface area contributed by atoms with E-state index in [1.54, 1.807) is 0 Å². The van der Waals surface area contributed by atoms with Gasteiger partial charge in [0.25, 0.3) is 0 Å². The van der Waals surface area contributed by atoms with E-state index in [9.17, 15) is 18.0 Å². The van der Waals surface area contributed by atoms with Gasteiger partial charge in [0.1, 0.15) is 5.82 Å². The van der Waals surface area contributed by atoms with Gasteiger partial charge in [-0.05, 0) is 48.2 Å². The van der Waals surface area contributed by atoms with Crippen molar-refractivity contribution in [3.63, 3.8) is 0 Å². The van der Waals surface area contributed by atoms with Gasteiger partial charge in [-0.3, -0.25) is 4.79 Å². The molecular formula is C18H18F3NO2. The predicted octanol–water partition coefficient (Wildman–Crippen LogP) is 3.24. The van der Waals surface area contributed by atoms with E-state index in [1.807, 2.05) is 0 Å². The molecule has 0 saturated carbocycles. The third-order valence-corrected chi connectivity index (χ3v) is 3.62. The molecule has 3 nitrogen and oxygen atoms in total. The van der Waals surface area contributed by atoms with Crippen LogP contribution in [0.25, 0.3) is 0 Å². The zero-order chi connectivity index (χ0) is 17.5. The van der Waals surface area contributed by atoms with E-state index in [0.29, 0.717) is 24.0 Å². The first kappa shape index (κ1) is 18.0. The maximum absolute atomic E-state index is 13.3. The Labute approximate surface area is 138 Å². The van der Waals surface area contributed by atoms with Crippen LogP contribution in [-0.2, 0) is 24.4 Å². The molecule has 0 radical (unpaired) electrons. The lowest BCUT2D eigenvalue weighted by atomic mass is 10.1. The monoisotopic (exact) mass is 337 g/mol. The molecule has 0 aliphatic heterocycles. The van der Waals surface area contributed by atoms with Gasteiger partial charge in [-0.2, -0.15) is 0 Å². The first-order valence-corrected chi connectivity index (χ1v) is 7.58. The second-order valence-corrected chi connectivity index (χ2v) is 5.46. The van der Waals surface area contributed by atoms with Gasteiger partial charge in [-0.25, -0.2) is 13.2 Å². The van der Waals surface area contributed by atoms with Crippen molar-refractivity contribution in [1.82, 2.24) is 5.32 Å². The number of carbonyl (C=O) groups is 1. The Morgan fingerprint density at radius 3 is 2.38 bits per heavy atom. The van der Waals surface area contributed by atoms with Crippen LogP contribution in [0.1, 0.15) is 29.5 Å². The highest BCUT2D eigenvalue weighted by molar-refractivity contribution is 5.75. The summed E-state index contributed by atoms with van der Waals surface area (Å²) in [7, 11) is 0. The van der Waals surface area contributed by atoms with Gasteiger partial charge >= 0.3 is 0 Å². The van der Waals surface area contributed by atoms with Crippen LogP contribution in [0.3, 0.4) is 0 Å². The number of aliphatic hydroxyl groups is 1. The lowest BCUT2D eigenvalue weighted by molar-refractivity contribution is -0.121. The fraction of sp³-hybridized carbons (Fsp3) is 0.278. The topological polar surface area (TPSA) is 49.3 Å². The van der Waals surface area contributed by atoms with E-state index in [0.717, 1.165) is 12.1 Å². The summed E-state index contributed by atoms with van der Waals surface area (Å²) in [6, 6.07) is 7.97. The van der Waals surface area contributed by atoms with Crippen molar-refractivity contribution in [2.45, 2.75) is 32.4 Å². The number of nitrogens with one attached hydrogen (secondary N) is 1. The molecule has 0 spiro atoms. The Hall–Kier alpha value is -2.34. The fourth-order valence-electron chi connectivity index (χ4n) is 2.30. The van der Waals surface area contributed by atoms with Crippen LogP contribution in [0.5, 0.6) is 0 Å². The fourth-order valence-corrected chi connectivity index (χ4v) is 2.30. The van der Waals surface area contributed by atoms with E-state index < -0.39 is 24.1 Å². The Bertz CT molecular complexity index is 719. The van der Waals surface area contributed by atoms with E-state index in [-0.39, 0.29) is 24.4 Å². The SMILES string of the molecule is O=C(CCCc1ccc(F)c(F)c1)NCc1ccc(F)c(CO)c1. The molecule has 0 aliphatic carbocycles. The number of carbonyl (C=O) groups excluding carboxylic acids is 1. The van der Waals surface area contributed by atoms with Crippen molar-refractivity contribution < 1.29 is 23.1 Å². The number of hydrogen-bond acceptors (Lipinski definition) is 2. The molecule has 2 rings (SSSR count). The minimum atomic E-state index is -0.895. The maximum Gasteiger partial charge on any atom is 0.220 e. The van der Waals surface area contributed by atoms with E-state index in [1.165, 1.54) is 24.3 Å². The molecule has 2 aromatic rings. The Morgan fingerprint density at radius 1 is 0.958 bits per heavy atom. The number of hydrogen-bond donors (Lipinski definition) is 2. The molecule has 2 aromatic carbocycles. The molecule has 128 valence electrons. The van der Waals surface area contributed by atoms with Gasteiger partial charge in [-0.15, -0.1) is 0 Å². The normalized spacial score (nSPS) is 10.7. The quantitative estimate of drug-likeness (QED) is 0.815. The highest BCUT2D eigenvalue weighted by Gasteiger charge is 2.06. The molecule has 0 aromatic heterocycles. The number of amides is 1. The highest BCUT2D eigenvalue weighted by atomic mass is 19.2. The van der Waals surface area contributed by atoms with Crippen LogP contribution >= 0.6 is 0 Å². The van der Waals surface area contributed by atoms with Gasteiger partial charge < -0.3 is 10.4 Å². The average Bonchev–Trinajstić information content (AvgIpc) is 2.57. The first-order chi connectivity index (χ1) is 11.5. The summed E-state index contributed by atoms with van der Waals surface area (Å²) in [5, 5.41) is 11.7. The summed E-state index contributed by atoms with van der Waals surface area (Å²) in [5.74, 6) is -2.46. The zero-order valence-corrected chi connectivity index (χ0v) is 13.0. The average molecular weight is 337 g/mol. The van der Waals surface area contributed by atoms with Crippen LogP contribution in [0.15, 0.2) is 36.4 Å². The molecule has 0 aliphatic rings. The van der Waals surface area contributed by atoms with E-state index in [4.69, 9.17) is 5.11 Å². The molecule has 0 bridgehead atoms. The first-order valence-electron chi connectivity index (χ1n) is 7.58. The molecule has 0 heterocycles. The minimum absolute atomic E-state index is 0.181. The van der Waals surface area contributed by atoms with Crippen LogP contribution in [0.2, 0.25) is 0 Å². The number of benzene rings is 2. The van der Waals surface area contributed by atoms with Gasteiger partial charge in [0.05, 0.1) is 6.61 Å². The van der Waals surface area contributed by atoms with Crippen molar-refractivity contribution in [3.8, 4) is 0 Å². The van der Waals surface area contributed by atoms with Gasteiger partial charge in [-0.1, -0.05) is 12.1 Å². The van der Waals surface area contributed by atoms with Crippen molar-refractivity contribution >= 4 is 5.91 Å². The lowest BCUT2D eigenvalue weighted by Crippen LogP contribution is -2.22. The van der Waals surface area contributed by atoms with Crippen molar-refractivity contribution in [3.05, 3.63) is 70.5 Å². The number of aryl methyl sites for hydroxylation is 1. The number of rotatable bonds is 7. The smallest absolute Gasteiger partial charge is 0.220 e. The third kappa shape index (κ3) is 5.09. The van der Waals surface area contributed by atoms with Crippen molar-refractivity contribution in [2.75, 3.05) is 0 Å². The molecule has 0 unspecified atom stereocenters. The third-order valence-electron chi connectivity index (χ3n) is 3.62. The van der Waals surface area contributed by atoms with Crippen LogP contribution in [0.4, 0.5) is 13.2 Å².